The fourth-order valence-electron chi connectivity index (χ4n) is 5.18. The van der Waals surface area contributed by atoms with Gasteiger partial charge < -0.3 is 24.4 Å². The standard InChI is InChI=1S/C19H23NO5/c1-20(23)7-6-19-10-14(21)16(25-3)9-12(19)13(20)8-11-4-5-15(24-2)18(22)17(11)19/h4-5,9,12-13,22H,6-8,10H2,1-3H3/t12-,13-,19+,20?/m0/s1. The zero-order valence-electron chi connectivity index (χ0n) is 14.7. The van der Waals surface area contributed by atoms with E-state index in [0.29, 0.717) is 30.9 Å². The lowest BCUT2D eigenvalue weighted by atomic mass is 9.53. The molecule has 4 rings (SSSR count). The smallest absolute Gasteiger partial charge is 0.197 e. The molecule has 1 fully saturated rings. The molecule has 3 aliphatic rings. The van der Waals surface area contributed by atoms with Gasteiger partial charge in [-0.15, -0.1) is 0 Å². The number of quaternary nitrogens is 1. The van der Waals surface area contributed by atoms with Gasteiger partial charge in [-0.1, -0.05) is 6.07 Å². The van der Waals surface area contributed by atoms with E-state index < -0.39 is 5.41 Å². The molecule has 25 heavy (non-hydrogen) atoms. The fraction of sp³-hybridized carbons (Fsp3) is 0.526. The van der Waals surface area contributed by atoms with Crippen molar-refractivity contribution in [1.82, 2.24) is 0 Å². The number of carbonyl (C=O) groups is 1. The lowest BCUT2D eigenvalue weighted by molar-refractivity contribution is -0.898. The highest BCUT2D eigenvalue weighted by Crippen LogP contribution is 2.58. The van der Waals surface area contributed by atoms with Gasteiger partial charge >= 0.3 is 0 Å². The first-order valence-corrected chi connectivity index (χ1v) is 8.58. The van der Waals surface area contributed by atoms with Crippen LogP contribution < -0.4 is 4.74 Å². The molecule has 0 saturated carbocycles. The zero-order valence-corrected chi connectivity index (χ0v) is 14.7. The average molecular weight is 345 g/mol. The highest BCUT2D eigenvalue weighted by molar-refractivity contribution is 5.96. The number of ketones is 1. The predicted molar refractivity (Wildman–Crippen MR) is 91.1 cm³/mol. The molecule has 0 amide bonds. The van der Waals surface area contributed by atoms with Crippen LogP contribution in [0, 0.1) is 11.1 Å². The molecule has 6 nitrogen and oxygen atoms in total. The summed E-state index contributed by atoms with van der Waals surface area (Å²) in [4.78, 5) is 12.6. The summed E-state index contributed by atoms with van der Waals surface area (Å²) in [6.07, 6.45) is 3.20. The molecule has 2 aliphatic carbocycles. The van der Waals surface area contributed by atoms with Crippen LogP contribution in [0.2, 0.25) is 0 Å². The van der Waals surface area contributed by atoms with E-state index in [1.807, 2.05) is 12.1 Å². The first kappa shape index (κ1) is 16.4. The topological polar surface area (TPSA) is 78.8 Å². The molecule has 6 heteroatoms. The van der Waals surface area contributed by atoms with E-state index in [1.165, 1.54) is 14.2 Å². The highest BCUT2D eigenvalue weighted by Gasteiger charge is 2.60. The van der Waals surface area contributed by atoms with Crippen molar-refractivity contribution in [2.24, 2.45) is 5.92 Å². The van der Waals surface area contributed by atoms with E-state index in [4.69, 9.17) is 9.47 Å². The van der Waals surface area contributed by atoms with Gasteiger partial charge in [-0.3, -0.25) is 4.79 Å². The van der Waals surface area contributed by atoms with Gasteiger partial charge in [0, 0.05) is 36.2 Å². The predicted octanol–water partition coefficient (Wildman–Crippen LogP) is 2.03. The molecule has 0 radical (unpaired) electrons. The van der Waals surface area contributed by atoms with Crippen molar-refractivity contribution in [3.05, 3.63) is 40.3 Å². The minimum atomic E-state index is -0.557. The molecule has 1 aromatic carbocycles. The third-order valence-corrected chi connectivity index (χ3v) is 6.43. The van der Waals surface area contributed by atoms with Crippen molar-refractivity contribution in [1.29, 1.82) is 0 Å². The molecule has 1 N–H and O–H groups in total. The van der Waals surface area contributed by atoms with E-state index in [0.717, 1.165) is 11.1 Å². The van der Waals surface area contributed by atoms with Gasteiger partial charge in [-0.25, -0.2) is 0 Å². The number of ether oxygens (including phenoxy) is 2. The van der Waals surface area contributed by atoms with E-state index in [1.54, 1.807) is 13.1 Å². The Labute approximate surface area is 146 Å². The SMILES string of the molecule is COC1=C[C@H]2[C@@H]3Cc4ccc(OC)c(O)c4[C@]2(CC[N+]3(C)[O-])CC1=O. The van der Waals surface area contributed by atoms with E-state index in [-0.39, 0.29) is 34.6 Å². The molecule has 1 heterocycles. The van der Waals surface area contributed by atoms with Gasteiger partial charge in [0.15, 0.2) is 23.0 Å². The van der Waals surface area contributed by atoms with Gasteiger partial charge in [-0.2, -0.15) is 0 Å². The van der Waals surface area contributed by atoms with Crippen LogP contribution in [0.15, 0.2) is 24.0 Å². The number of carbonyl (C=O) groups excluding carboxylic acids is 1. The van der Waals surface area contributed by atoms with Crippen molar-refractivity contribution in [2.75, 3.05) is 27.8 Å². The number of hydrogen-bond donors (Lipinski definition) is 1. The number of likely N-dealkylation sites (N-methyl/N-ethyl adjacent to an activating group) is 1. The first-order valence-electron chi connectivity index (χ1n) is 8.58. The van der Waals surface area contributed by atoms with E-state index in [9.17, 15) is 15.1 Å². The van der Waals surface area contributed by atoms with Crippen LogP contribution in [0.1, 0.15) is 24.0 Å². The van der Waals surface area contributed by atoms with Crippen molar-refractivity contribution in [2.45, 2.75) is 30.7 Å². The number of phenols is 1. The molecular formula is C19H23NO5. The third kappa shape index (κ3) is 2.07. The second-order valence-corrected chi connectivity index (χ2v) is 7.59. The van der Waals surface area contributed by atoms with Crippen LogP contribution in [0.5, 0.6) is 11.5 Å². The summed E-state index contributed by atoms with van der Waals surface area (Å²) >= 11 is 0. The van der Waals surface area contributed by atoms with Crippen LogP contribution in [-0.2, 0) is 21.4 Å². The van der Waals surface area contributed by atoms with Crippen LogP contribution in [0.25, 0.3) is 0 Å². The molecular weight excluding hydrogens is 322 g/mol. The van der Waals surface area contributed by atoms with E-state index in [2.05, 4.69) is 0 Å². The zero-order chi connectivity index (χ0) is 18.0. The summed E-state index contributed by atoms with van der Waals surface area (Å²) in [5.41, 5.74) is 1.17. The van der Waals surface area contributed by atoms with Crippen LogP contribution in [-0.4, -0.2) is 49.4 Å². The number of piperidine rings is 1. The highest BCUT2D eigenvalue weighted by atomic mass is 16.5. The maximum Gasteiger partial charge on any atom is 0.197 e. The number of benzene rings is 1. The maximum absolute atomic E-state index is 13.1. The molecule has 0 spiro atoms. The summed E-state index contributed by atoms with van der Waals surface area (Å²) in [6.45, 7) is 0.431. The molecule has 134 valence electrons. The van der Waals surface area contributed by atoms with Gasteiger partial charge in [0.25, 0.3) is 0 Å². The number of Topliss-reactive ketones (excluding diaryl/α,β-unsaturated/α-hetero) is 1. The Morgan fingerprint density at radius 2 is 2.08 bits per heavy atom. The van der Waals surface area contributed by atoms with Crippen LogP contribution >= 0.6 is 0 Å². The van der Waals surface area contributed by atoms with Crippen LogP contribution in [0.4, 0.5) is 0 Å². The summed E-state index contributed by atoms with van der Waals surface area (Å²) in [7, 11) is 4.71. The summed E-state index contributed by atoms with van der Waals surface area (Å²) in [5, 5.41) is 24.0. The van der Waals surface area contributed by atoms with Crippen LogP contribution in [0.3, 0.4) is 0 Å². The number of rotatable bonds is 2. The Morgan fingerprint density at radius 3 is 2.76 bits per heavy atom. The molecule has 4 atom stereocenters. The monoisotopic (exact) mass is 345 g/mol. The number of hydrogen-bond acceptors (Lipinski definition) is 5. The summed E-state index contributed by atoms with van der Waals surface area (Å²) < 4.78 is 10.2. The van der Waals surface area contributed by atoms with Gasteiger partial charge in [0.05, 0.1) is 33.9 Å². The lowest BCUT2D eigenvalue weighted by Crippen LogP contribution is -2.66. The maximum atomic E-state index is 13.1. The Bertz CT molecular complexity index is 784. The van der Waals surface area contributed by atoms with Crippen molar-refractivity contribution < 1.29 is 24.0 Å². The molecule has 1 aromatic rings. The normalized spacial score (nSPS) is 36.2. The number of methoxy groups -OCH3 is 2. The second kappa shape index (κ2) is 5.22. The minimum absolute atomic E-state index is 0.0745. The van der Waals surface area contributed by atoms with Crippen molar-refractivity contribution >= 4 is 5.78 Å². The summed E-state index contributed by atoms with van der Waals surface area (Å²) in [5.74, 6) is 0.631. The molecule has 1 unspecified atom stereocenters. The minimum Gasteiger partial charge on any atom is -0.633 e. The number of fused-ring (bicyclic) bond motifs is 1. The largest absolute Gasteiger partial charge is 0.633 e. The summed E-state index contributed by atoms with van der Waals surface area (Å²) in [6, 6.07) is 3.47. The Balaban J connectivity index is 1.99. The number of aromatic hydroxyl groups is 1. The van der Waals surface area contributed by atoms with Gasteiger partial charge in [0.2, 0.25) is 0 Å². The first-order chi connectivity index (χ1) is 11.8. The quantitative estimate of drug-likeness (QED) is 0.655. The number of hydroxylamine groups is 3. The van der Waals surface area contributed by atoms with Gasteiger partial charge in [-0.05, 0) is 17.7 Å². The molecule has 2 bridgehead atoms. The van der Waals surface area contributed by atoms with E-state index >= 15 is 0 Å². The lowest BCUT2D eigenvalue weighted by Gasteiger charge is -2.61. The third-order valence-electron chi connectivity index (χ3n) is 6.43. The molecule has 0 aromatic heterocycles. The average Bonchev–Trinajstić information content (AvgIpc) is 2.58. The Hall–Kier alpha value is -2.05. The molecule has 1 aliphatic heterocycles. The Morgan fingerprint density at radius 1 is 1.32 bits per heavy atom. The number of likely N-dealkylation sites (tertiary alicyclic amines) is 1. The fourth-order valence-corrected chi connectivity index (χ4v) is 5.18. The van der Waals surface area contributed by atoms with Crippen molar-refractivity contribution in [3.8, 4) is 11.5 Å². The van der Waals surface area contributed by atoms with Gasteiger partial charge in [0.1, 0.15) is 0 Å². The number of allylic oxidation sites excluding steroid dienone is 1. The Kier molecular flexibility index (Phi) is 3.43. The van der Waals surface area contributed by atoms with Crippen molar-refractivity contribution in [3.63, 3.8) is 0 Å². The second-order valence-electron chi connectivity index (χ2n) is 7.59. The number of nitrogens with zero attached hydrogens (tertiary/aromatic N) is 1. The molecule has 1 saturated heterocycles. The number of phenolic OH excluding ortho intramolecular Hbond substituents is 1.